The summed E-state index contributed by atoms with van der Waals surface area (Å²) in [4.78, 5) is 0. The molecule has 2 aromatic carbocycles. The van der Waals surface area contributed by atoms with Crippen molar-refractivity contribution in [2.24, 2.45) is 0 Å². The van der Waals surface area contributed by atoms with Crippen molar-refractivity contribution in [3.05, 3.63) is 48.2 Å². The van der Waals surface area contributed by atoms with Crippen LogP contribution in [0.25, 0.3) is 16.5 Å². The molecule has 0 saturated carbocycles. The molecule has 2 rings (SSSR count). The minimum Gasteiger partial charge on any atom is -1.00 e. The van der Waals surface area contributed by atoms with E-state index in [0.717, 1.165) is 10.8 Å². The molecule has 0 heterocycles. The summed E-state index contributed by atoms with van der Waals surface area (Å²) >= 11 is 0. The first kappa shape index (κ1) is 21.3. The van der Waals surface area contributed by atoms with Crippen molar-refractivity contribution in [1.82, 2.24) is 0 Å². The molecule has 0 saturated heterocycles. The molecule has 1 nitrogen and oxygen atoms in total. The van der Waals surface area contributed by atoms with Gasteiger partial charge in [-0.1, -0.05) is 42.5 Å². The Labute approximate surface area is 143 Å². The summed E-state index contributed by atoms with van der Waals surface area (Å²) in [7, 11) is 0. The maximum atomic E-state index is 7.56. The number of fused-ring (bicyclic) bond motifs is 1. The van der Waals surface area contributed by atoms with Crippen LogP contribution in [0.2, 0.25) is 0 Å². The van der Waals surface area contributed by atoms with Crippen LogP contribution in [0.4, 0.5) is 5.69 Å². The molecule has 0 spiro atoms. The molecule has 2 aromatic rings. The SMILES string of the molecule is [Br-].[Br-].[Mg+2].[Mg+2].[NH-]c1cccc2ccccc12. The van der Waals surface area contributed by atoms with Crippen molar-refractivity contribution < 1.29 is 34.0 Å². The monoisotopic (exact) mass is 348 g/mol. The van der Waals surface area contributed by atoms with Crippen molar-refractivity contribution in [2.75, 3.05) is 0 Å². The molecule has 0 aliphatic carbocycles. The summed E-state index contributed by atoms with van der Waals surface area (Å²) in [6.07, 6.45) is 0. The van der Waals surface area contributed by atoms with Crippen molar-refractivity contribution >= 4 is 62.6 Å². The average molecular weight is 351 g/mol. The van der Waals surface area contributed by atoms with Gasteiger partial charge in [0.25, 0.3) is 0 Å². The standard InChI is InChI=1S/C10H8N.2BrH.2Mg/c11-10-7-3-5-8-4-1-2-6-9(8)10;;;;/h1-7,11H;2*1H;;/q-1;;;2*+2/p-2. The van der Waals surface area contributed by atoms with E-state index < -0.39 is 0 Å². The summed E-state index contributed by atoms with van der Waals surface area (Å²) in [6, 6.07) is 13.7. The van der Waals surface area contributed by atoms with Crippen LogP contribution in [0.3, 0.4) is 0 Å². The summed E-state index contributed by atoms with van der Waals surface area (Å²) in [6.45, 7) is 0. The maximum absolute atomic E-state index is 7.56. The second kappa shape index (κ2) is 10.2. The first-order chi connectivity index (χ1) is 5.38. The fraction of sp³-hybridized carbons (Fsp3) is 0. The molecule has 15 heavy (non-hydrogen) atoms. The van der Waals surface area contributed by atoms with Crippen LogP contribution in [0.5, 0.6) is 0 Å². The first-order valence-electron chi connectivity index (χ1n) is 3.57. The van der Waals surface area contributed by atoms with Crippen LogP contribution in [0.1, 0.15) is 0 Å². The Morgan fingerprint density at radius 2 is 1.27 bits per heavy atom. The van der Waals surface area contributed by atoms with Gasteiger partial charge in [-0.15, -0.1) is 5.69 Å². The number of hydrogen-bond acceptors (Lipinski definition) is 0. The van der Waals surface area contributed by atoms with E-state index in [9.17, 15) is 0 Å². The molecule has 0 aliphatic rings. The smallest absolute Gasteiger partial charge is 1.00 e. The summed E-state index contributed by atoms with van der Waals surface area (Å²) in [5.74, 6) is 0. The Balaban J connectivity index is -0.000000360. The van der Waals surface area contributed by atoms with Crippen molar-refractivity contribution in [3.63, 3.8) is 0 Å². The van der Waals surface area contributed by atoms with Gasteiger partial charge in [0.05, 0.1) is 0 Å². The van der Waals surface area contributed by atoms with E-state index in [1.807, 2.05) is 42.5 Å². The number of hydrogen-bond donors (Lipinski definition) is 0. The minimum absolute atomic E-state index is 0. The van der Waals surface area contributed by atoms with Gasteiger partial charge in [-0.25, -0.2) is 0 Å². The molecular formula is C10H8Br2Mg2N+. The molecule has 0 aliphatic heterocycles. The molecule has 0 bridgehead atoms. The van der Waals surface area contributed by atoms with Crippen LogP contribution in [0, 0.1) is 0 Å². The number of halogens is 2. The third kappa shape index (κ3) is 5.23. The van der Waals surface area contributed by atoms with Crippen LogP contribution in [-0.2, 0) is 0 Å². The molecule has 0 atom stereocenters. The van der Waals surface area contributed by atoms with Gasteiger partial charge in [-0.05, 0) is 10.8 Å². The zero-order chi connectivity index (χ0) is 7.68. The molecular weight excluding hydrogens is 343 g/mol. The molecule has 5 heteroatoms. The van der Waals surface area contributed by atoms with Gasteiger partial charge in [0.15, 0.2) is 0 Å². The van der Waals surface area contributed by atoms with E-state index >= 15 is 0 Å². The predicted octanol–water partition coefficient (Wildman–Crippen LogP) is -3.23. The van der Waals surface area contributed by atoms with E-state index in [4.69, 9.17) is 5.73 Å². The summed E-state index contributed by atoms with van der Waals surface area (Å²) < 4.78 is 0. The predicted molar refractivity (Wildman–Crippen MR) is 59.4 cm³/mol. The Bertz CT molecular complexity index is 391. The van der Waals surface area contributed by atoms with Crippen LogP contribution in [0.15, 0.2) is 42.5 Å². The zero-order valence-electron chi connectivity index (χ0n) is 8.21. The Hall–Kier alpha value is 0.992. The largest absolute Gasteiger partial charge is 2.00 e. The van der Waals surface area contributed by atoms with Gasteiger partial charge < -0.3 is 39.7 Å². The van der Waals surface area contributed by atoms with Gasteiger partial charge in [0, 0.05) is 0 Å². The van der Waals surface area contributed by atoms with Gasteiger partial charge in [-0.3, -0.25) is 0 Å². The second-order valence-corrected chi connectivity index (χ2v) is 2.53. The maximum Gasteiger partial charge on any atom is 2.00 e. The fourth-order valence-electron chi connectivity index (χ4n) is 1.23. The normalized spacial score (nSPS) is 7.47. The average Bonchev–Trinajstić information content (AvgIpc) is 2.06. The number of nitrogens with one attached hydrogen (secondary N) is 1. The van der Waals surface area contributed by atoms with Crippen molar-refractivity contribution in [3.8, 4) is 0 Å². The zero-order valence-corrected chi connectivity index (χ0v) is 14.2. The summed E-state index contributed by atoms with van der Waals surface area (Å²) in [5, 5.41) is 2.16. The quantitative estimate of drug-likeness (QED) is 0.446. The summed E-state index contributed by atoms with van der Waals surface area (Å²) in [5.41, 5.74) is 8.16. The van der Waals surface area contributed by atoms with E-state index in [1.165, 1.54) is 0 Å². The molecule has 0 aromatic heterocycles. The van der Waals surface area contributed by atoms with Gasteiger partial charge in [0.1, 0.15) is 0 Å². The van der Waals surface area contributed by atoms with Crippen LogP contribution in [-0.4, -0.2) is 46.1 Å². The third-order valence-electron chi connectivity index (χ3n) is 1.79. The first-order valence-corrected chi connectivity index (χ1v) is 3.57. The molecule has 0 fully saturated rings. The van der Waals surface area contributed by atoms with E-state index in [-0.39, 0.29) is 80.1 Å². The van der Waals surface area contributed by atoms with Gasteiger partial charge in [0.2, 0.25) is 0 Å². The number of benzene rings is 2. The van der Waals surface area contributed by atoms with E-state index in [1.54, 1.807) is 0 Å². The third-order valence-corrected chi connectivity index (χ3v) is 1.79. The Morgan fingerprint density at radius 1 is 0.733 bits per heavy atom. The Kier molecular flexibility index (Phi) is 14.4. The molecule has 0 unspecified atom stereocenters. The molecule has 0 amide bonds. The topological polar surface area (TPSA) is 23.8 Å². The van der Waals surface area contributed by atoms with Crippen molar-refractivity contribution in [1.29, 1.82) is 0 Å². The molecule has 0 radical (unpaired) electrons. The fourth-order valence-corrected chi connectivity index (χ4v) is 1.23. The second-order valence-electron chi connectivity index (χ2n) is 2.53. The Morgan fingerprint density at radius 3 is 1.87 bits per heavy atom. The number of rotatable bonds is 0. The van der Waals surface area contributed by atoms with Gasteiger partial charge in [-0.2, -0.15) is 0 Å². The van der Waals surface area contributed by atoms with Crippen LogP contribution < -0.4 is 34.0 Å². The van der Waals surface area contributed by atoms with Crippen LogP contribution >= 0.6 is 0 Å². The molecule has 70 valence electrons. The molecule has 1 N–H and O–H groups in total. The van der Waals surface area contributed by atoms with Gasteiger partial charge >= 0.3 is 46.1 Å². The minimum atomic E-state index is 0. The van der Waals surface area contributed by atoms with E-state index in [2.05, 4.69) is 0 Å². The van der Waals surface area contributed by atoms with Crippen molar-refractivity contribution in [2.45, 2.75) is 0 Å². The van der Waals surface area contributed by atoms with E-state index in [0.29, 0.717) is 5.69 Å².